The van der Waals surface area contributed by atoms with Crippen LogP contribution in [0.15, 0.2) is 58.8 Å². The molecule has 170 valence electrons. The standard InChI is InChI=1S/C25H24N2O4S2/c1-5-31-22(28)20-17(16-12-10-15(2)11-13-16)14-32-21(20)26-23(29)25(3)24(30)27(4)18-8-6-7-9-19(18)33-25/h6-14H,5H2,1-4H3,(H,26,29). The van der Waals surface area contributed by atoms with E-state index in [9.17, 15) is 14.4 Å². The molecule has 0 spiro atoms. The first-order valence-corrected chi connectivity index (χ1v) is 12.2. The van der Waals surface area contributed by atoms with Crippen LogP contribution in [0.2, 0.25) is 0 Å². The lowest BCUT2D eigenvalue weighted by Crippen LogP contribution is -2.53. The molecule has 1 unspecified atom stereocenters. The Morgan fingerprint density at radius 2 is 1.82 bits per heavy atom. The van der Waals surface area contributed by atoms with Gasteiger partial charge in [0, 0.05) is 22.9 Å². The van der Waals surface area contributed by atoms with Gasteiger partial charge in [0.15, 0.2) is 4.75 Å². The van der Waals surface area contributed by atoms with E-state index in [0.29, 0.717) is 16.1 Å². The highest BCUT2D eigenvalue weighted by atomic mass is 32.2. The maximum Gasteiger partial charge on any atom is 0.341 e. The van der Waals surface area contributed by atoms with E-state index < -0.39 is 16.6 Å². The van der Waals surface area contributed by atoms with Crippen LogP contribution >= 0.6 is 23.1 Å². The molecule has 3 aromatic rings. The summed E-state index contributed by atoms with van der Waals surface area (Å²) in [6.45, 7) is 5.55. The van der Waals surface area contributed by atoms with Gasteiger partial charge in [-0.2, -0.15) is 0 Å². The number of hydrogen-bond acceptors (Lipinski definition) is 6. The monoisotopic (exact) mass is 480 g/mol. The third-order valence-electron chi connectivity index (χ3n) is 5.55. The van der Waals surface area contributed by atoms with Crippen LogP contribution in [0, 0.1) is 6.92 Å². The molecule has 1 aliphatic heterocycles. The minimum absolute atomic E-state index is 0.211. The highest BCUT2D eigenvalue weighted by molar-refractivity contribution is 8.02. The number of para-hydroxylation sites is 1. The van der Waals surface area contributed by atoms with E-state index in [2.05, 4.69) is 5.32 Å². The Morgan fingerprint density at radius 3 is 2.52 bits per heavy atom. The van der Waals surface area contributed by atoms with Crippen molar-refractivity contribution in [2.75, 3.05) is 23.9 Å². The van der Waals surface area contributed by atoms with Gasteiger partial charge in [0.2, 0.25) is 0 Å². The van der Waals surface area contributed by atoms with Crippen LogP contribution in [0.4, 0.5) is 10.7 Å². The van der Waals surface area contributed by atoms with Crippen molar-refractivity contribution in [3.8, 4) is 11.1 Å². The van der Waals surface area contributed by atoms with Gasteiger partial charge in [-0.3, -0.25) is 9.59 Å². The minimum atomic E-state index is -1.39. The van der Waals surface area contributed by atoms with E-state index in [1.807, 2.05) is 60.8 Å². The molecule has 0 bridgehead atoms. The Balaban J connectivity index is 1.70. The second kappa shape index (κ2) is 9.03. The Morgan fingerprint density at radius 1 is 1.12 bits per heavy atom. The molecule has 0 radical (unpaired) electrons. The van der Waals surface area contributed by atoms with Gasteiger partial charge < -0.3 is 15.0 Å². The van der Waals surface area contributed by atoms with Gasteiger partial charge in [0.05, 0.1) is 12.3 Å². The van der Waals surface area contributed by atoms with E-state index in [1.165, 1.54) is 28.0 Å². The van der Waals surface area contributed by atoms with Crippen LogP contribution in [0.5, 0.6) is 0 Å². The number of nitrogens with zero attached hydrogens (tertiary/aromatic N) is 1. The molecular weight excluding hydrogens is 456 g/mol. The lowest BCUT2D eigenvalue weighted by atomic mass is 10.0. The number of rotatable bonds is 5. The third kappa shape index (κ3) is 4.16. The summed E-state index contributed by atoms with van der Waals surface area (Å²) in [7, 11) is 1.66. The molecule has 0 aliphatic carbocycles. The molecule has 8 heteroatoms. The number of anilines is 2. The van der Waals surface area contributed by atoms with Crippen LogP contribution in [-0.2, 0) is 14.3 Å². The number of carbonyl (C=O) groups is 3. The van der Waals surface area contributed by atoms with Crippen molar-refractivity contribution in [2.45, 2.75) is 30.4 Å². The number of carbonyl (C=O) groups excluding carboxylic acids is 3. The summed E-state index contributed by atoms with van der Waals surface area (Å²) in [4.78, 5) is 41.8. The molecular formula is C25H24N2O4S2. The van der Waals surface area contributed by atoms with Crippen molar-refractivity contribution in [3.63, 3.8) is 0 Å². The number of fused-ring (bicyclic) bond motifs is 1. The lowest BCUT2D eigenvalue weighted by molar-refractivity contribution is -0.128. The van der Waals surface area contributed by atoms with Gasteiger partial charge >= 0.3 is 5.97 Å². The minimum Gasteiger partial charge on any atom is -0.462 e. The summed E-state index contributed by atoms with van der Waals surface area (Å²) in [5.41, 5.74) is 3.70. The number of amides is 2. The SMILES string of the molecule is CCOC(=O)c1c(-c2ccc(C)cc2)csc1NC(=O)C1(C)Sc2ccccc2N(C)C1=O. The predicted octanol–water partition coefficient (Wildman–Crippen LogP) is 5.37. The molecule has 2 aromatic carbocycles. The summed E-state index contributed by atoms with van der Waals surface area (Å²) < 4.78 is 3.90. The van der Waals surface area contributed by atoms with Crippen LogP contribution in [0.3, 0.4) is 0 Å². The van der Waals surface area contributed by atoms with Gasteiger partial charge in [0.1, 0.15) is 10.6 Å². The van der Waals surface area contributed by atoms with Crippen molar-refractivity contribution in [2.24, 2.45) is 0 Å². The fraction of sp³-hybridized carbons (Fsp3) is 0.240. The molecule has 33 heavy (non-hydrogen) atoms. The largest absolute Gasteiger partial charge is 0.462 e. The van der Waals surface area contributed by atoms with E-state index >= 15 is 0 Å². The first-order chi connectivity index (χ1) is 15.8. The van der Waals surface area contributed by atoms with E-state index in [0.717, 1.165) is 21.7 Å². The molecule has 0 saturated heterocycles. The molecule has 1 N–H and O–H groups in total. The van der Waals surface area contributed by atoms with Crippen molar-refractivity contribution in [1.82, 2.24) is 0 Å². The number of esters is 1. The summed E-state index contributed by atoms with van der Waals surface area (Å²) in [5.74, 6) is -1.32. The molecule has 4 rings (SSSR count). The van der Waals surface area contributed by atoms with Crippen molar-refractivity contribution in [3.05, 3.63) is 65.0 Å². The quantitative estimate of drug-likeness (QED) is 0.393. The number of hydrogen-bond donors (Lipinski definition) is 1. The van der Waals surface area contributed by atoms with Crippen LogP contribution in [-0.4, -0.2) is 36.2 Å². The summed E-state index contributed by atoms with van der Waals surface area (Å²) >= 11 is 2.45. The normalized spacial score (nSPS) is 17.5. The Hall–Kier alpha value is -3.10. The van der Waals surface area contributed by atoms with Crippen LogP contribution in [0.25, 0.3) is 11.1 Å². The van der Waals surface area contributed by atoms with Gasteiger partial charge in [0.25, 0.3) is 11.8 Å². The fourth-order valence-electron chi connectivity index (χ4n) is 3.68. The first-order valence-electron chi connectivity index (χ1n) is 10.5. The highest BCUT2D eigenvalue weighted by Crippen LogP contribution is 2.46. The molecule has 1 aliphatic rings. The summed E-state index contributed by atoms with van der Waals surface area (Å²) in [5, 5.41) is 5.05. The van der Waals surface area contributed by atoms with E-state index in [1.54, 1.807) is 20.9 Å². The van der Waals surface area contributed by atoms with Gasteiger partial charge in [-0.1, -0.05) is 53.7 Å². The number of thioether (sulfide) groups is 1. The lowest BCUT2D eigenvalue weighted by Gasteiger charge is -2.36. The third-order valence-corrected chi connectivity index (χ3v) is 7.78. The number of nitrogens with one attached hydrogen (secondary N) is 1. The summed E-state index contributed by atoms with van der Waals surface area (Å²) in [6, 6.07) is 15.3. The molecule has 1 atom stereocenters. The van der Waals surface area contributed by atoms with Gasteiger partial charge in [-0.25, -0.2) is 4.79 Å². The first kappa shape index (κ1) is 23.1. The zero-order valence-electron chi connectivity index (χ0n) is 18.8. The second-order valence-electron chi connectivity index (χ2n) is 7.86. The highest BCUT2D eigenvalue weighted by Gasteiger charge is 2.48. The Kier molecular flexibility index (Phi) is 6.32. The van der Waals surface area contributed by atoms with Gasteiger partial charge in [-0.15, -0.1) is 11.3 Å². The van der Waals surface area contributed by atoms with Crippen LogP contribution < -0.4 is 10.2 Å². The Labute approximate surface area is 200 Å². The molecule has 1 aromatic heterocycles. The smallest absolute Gasteiger partial charge is 0.341 e. The van der Waals surface area contributed by atoms with Gasteiger partial charge in [-0.05, 0) is 38.5 Å². The maximum absolute atomic E-state index is 13.5. The van der Waals surface area contributed by atoms with Crippen LogP contribution in [0.1, 0.15) is 29.8 Å². The fourth-order valence-corrected chi connectivity index (χ4v) is 5.90. The zero-order chi connectivity index (χ0) is 23.8. The number of benzene rings is 2. The maximum atomic E-state index is 13.5. The molecule has 0 fully saturated rings. The number of thiophene rings is 1. The number of aryl methyl sites for hydroxylation is 1. The second-order valence-corrected chi connectivity index (χ2v) is 10.2. The average Bonchev–Trinajstić information content (AvgIpc) is 3.21. The van der Waals surface area contributed by atoms with E-state index in [4.69, 9.17) is 4.74 Å². The van der Waals surface area contributed by atoms with Crippen molar-refractivity contribution in [1.29, 1.82) is 0 Å². The molecule has 6 nitrogen and oxygen atoms in total. The molecule has 0 saturated carbocycles. The number of ether oxygens (including phenoxy) is 1. The van der Waals surface area contributed by atoms with E-state index in [-0.39, 0.29) is 12.5 Å². The Bertz CT molecular complexity index is 1240. The molecule has 2 amide bonds. The predicted molar refractivity (Wildman–Crippen MR) is 133 cm³/mol. The zero-order valence-corrected chi connectivity index (χ0v) is 20.4. The summed E-state index contributed by atoms with van der Waals surface area (Å²) in [6.07, 6.45) is 0. The van der Waals surface area contributed by atoms with Crippen molar-refractivity contribution < 1.29 is 19.1 Å². The topological polar surface area (TPSA) is 75.7 Å². The van der Waals surface area contributed by atoms with Crippen molar-refractivity contribution >= 4 is 51.6 Å². The molecule has 2 heterocycles. The average molecular weight is 481 g/mol.